The summed E-state index contributed by atoms with van der Waals surface area (Å²) in [5, 5.41) is 3.51. The van der Waals surface area contributed by atoms with Gasteiger partial charge in [0.2, 0.25) is 11.8 Å². The average Bonchev–Trinajstić information content (AvgIpc) is 2.76. The molecule has 30 heavy (non-hydrogen) atoms. The third kappa shape index (κ3) is 5.71. The van der Waals surface area contributed by atoms with Gasteiger partial charge in [-0.2, -0.15) is 0 Å². The van der Waals surface area contributed by atoms with Gasteiger partial charge < -0.3 is 10.2 Å². The summed E-state index contributed by atoms with van der Waals surface area (Å²) in [7, 11) is 0. The van der Waals surface area contributed by atoms with E-state index in [4.69, 9.17) is 11.6 Å². The zero-order valence-electron chi connectivity index (χ0n) is 16.9. The van der Waals surface area contributed by atoms with Crippen molar-refractivity contribution in [1.29, 1.82) is 0 Å². The van der Waals surface area contributed by atoms with Crippen LogP contribution in [0.2, 0.25) is 5.02 Å². The standard InChI is InChI=1S/C25H25ClN2O2/c1-2-27-25(30)24(21-11-7-4-8-12-21)28(18-20-9-5-3-6-10-20)23(29)17-19-13-15-22(26)16-14-19/h3-16,24H,2,17-18H2,1H3,(H,27,30). The average molecular weight is 421 g/mol. The monoisotopic (exact) mass is 420 g/mol. The van der Waals surface area contributed by atoms with Crippen LogP contribution >= 0.6 is 11.6 Å². The second kappa shape index (κ2) is 10.6. The molecule has 5 heteroatoms. The molecule has 3 aromatic carbocycles. The minimum atomic E-state index is -0.717. The normalized spacial score (nSPS) is 11.5. The molecular formula is C25H25ClN2O2. The van der Waals surface area contributed by atoms with E-state index in [-0.39, 0.29) is 18.2 Å². The van der Waals surface area contributed by atoms with Crippen molar-refractivity contribution < 1.29 is 9.59 Å². The lowest BCUT2D eigenvalue weighted by atomic mass is 10.0. The van der Waals surface area contributed by atoms with E-state index in [1.54, 1.807) is 17.0 Å². The summed E-state index contributed by atoms with van der Waals surface area (Å²) in [6.45, 7) is 2.70. The number of nitrogens with one attached hydrogen (secondary N) is 1. The minimum absolute atomic E-state index is 0.124. The maximum absolute atomic E-state index is 13.4. The van der Waals surface area contributed by atoms with Crippen LogP contribution in [0.15, 0.2) is 84.9 Å². The van der Waals surface area contributed by atoms with Crippen LogP contribution in [0.25, 0.3) is 0 Å². The van der Waals surface area contributed by atoms with Crippen LogP contribution in [0.5, 0.6) is 0 Å². The molecule has 0 spiro atoms. The second-order valence-corrected chi connectivity index (χ2v) is 7.45. The fourth-order valence-electron chi connectivity index (χ4n) is 3.36. The molecule has 0 aliphatic rings. The Bertz CT molecular complexity index is 959. The smallest absolute Gasteiger partial charge is 0.247 e. The molecule has 1 N–H and O–H groups in total. The van der Waals surface area contributed by atoms with Crippen LogP contribution in [-0.4, -0.2) is 23.3 Å². The molecule has 1 unspecified atom stereocenters. The van der Waals surface area contributed by atoms with E-state index < -0.39 is 6.04 Å². The van der Waals surface area contributed by atoms with Gasteiger partial charge in [-0.1, -0.05) is 84.4 Å². The molecule has 0 saturated carbocycles. The van der Waals surface area contributed by atoms with Crippen molar-refractivity contribution in [3.05, 3.63) is 107 Å². The molecule has 0 saturated heterocycles. The van der Waals surface area contributed by atoms with Gasteiger partial charge in [0.15, 0.2) is 0 Å². The van der Waals surface area contributed by atoms with Crippen LogP contribution in [0.3, 0.4) is 0 Å². The van der Waals surface area contributed by atoms with Crippen molar-refractivity contribution in [3.8, 4) is 0 Å². The number of hydrogen-bond acceptors (Lipinski definition) is 2. The molecule has 154 valence electrons. The fraction of sp³-hybridized carbons (Fsp3) is 0.200. The van der Waals surface area contributed by atoms with E-state index in [2.05, 4.69) is 5.32 Å². The molecule has 1 atom stereocenters. The lowest BCUT2D eigenvalue weighted by Gasteiger charge is -2.31. The summed E-state index contributed by atoms with van der Waals surface area (Å²) in [6, 6.07) is 25.6. The van der Waals surface area contributed by atoms with Gasteiger partial charge in [-0.15, -0.1) is 0 Å². The SMILES string of the molecule is CCNC(=O)C(c1ccccc1)N(Cc1ccccc1)C(=O)Cc1ccc(Cl)cc1. The number of hydrogen-bond donors (Lipinski definition) is 1. The summed E-state index contributed by atoms with van der Waals surface area (Å²) in [5.41, 5.74) is 2.60. The predicted molar refractivity (Wildman–Crippen MR) is 120 cm³/mol. The fourth-order valence-corrected chi connectivity index (χ4v) is 3.49. The number of carbonyl (C=O) groups excluding carboxylic acids is 2. The highest BCUT2D eigenvalue weighted by atomic mass is 35.5. The van der Waals surface area contributed by atoms with Crippen LogP contribution < -0.4 is 5.32 Å². The first-order valence-corrected chi connectivity index (χ1v) is 10.4. The summed E-state index contributed by atoms with van der Waals surface area (Å²) in [5.74, 6) is -0.314. The van der Waals surface area contributed by atoms with Gasteiger partial charge in [0.1, 0.15) is 6.04 Å². The maximum atomic E-state index is 13.4. The Morgan fingerprint density at radius 3 is 2.07 bits per heavy atom. The predicted octanol–water partition coefficient (Wildman–Crippen LogP) is 4.79. The van der Waals surface area contributed by atoms with E-state index in [1.165, 1.54) is 0 Å². The number of benzene rings is 3. The molecule has 3 rings (SSSR count). The van der Waals surface area contributed by atoms with Gasteiger partial charge in [-0.3, -0.25) is 9.59 Å². The highest BCUT2D eigenvalue weighted by molar-refractivity contribution is 6.30. The Morgan fingerprint density at radius 1 is 0.867 bits per heavy atom. The minimum Gasteiger partial charge on any atom is -0.354 e. The Kier molecular flexibility index (Phi) is 7.63. The van der Waals surface area contributed by atoms with Gasteiger partial charge in [0.05, 0.1) is 6.42 Å². The van der Waals surface area contributed by atoms with Crippen molar-refractivity contribution >= 4 is 23.4 Å². The first-order valence-electron chi connectivity index (χ1n) is 9.99. The van der Waals surface area contributed by atoms with Crippen molar-refractivity contribution in [3.63, 3.8) is 0 Å². The van der Waals surface area contributed by atoms with Gasteiger partial charge in [-0.05, 0) is 35.7 Å². The van der Waals surface area contributed by atoms with E-state index in [0.29, 0.717) is 18.1 Å². The molecule has 4 nitrogen and oxygen atoms in total. The largest absolute Gasteiger partial charge is 0.354 e. The number of halogens is 1. The third-order valence-electron chi connectivity index (χ3n) is 4.81. The van der Waals surface area contributed by atoms with Crippen molar-refractivity contribution in [2.24, 2.45) is 0 Å². The Labute approximate surface area is 182 Å². The van der Waals surface area contributed by atoms with Crippen LogP contribution in [0.1, 0.15) is 29.7 Å². The molecule has 0 fully saturated rings. The topological polar surface area (TPSA) is 49.4 Å². The van der Waals surface area contributed by atoms with E-state index >= 15 is 0 Å². The summed E-state index contributed by atoms with van der Waals surface area (Å²) >= 11 is 5.98. The van der Waals surface area contributed by atoms with E-state index in [1.807, 2.05) is 79.7 Å². The molecule has 0 aromatic heterocycles. The first-order chi connectivity index (χ1) is 14.6. The number of nitrogens with zero attached hydrogens (tertiary/aromatic N) is 1. The van der Waals surface area contributed by atoms with Gasteiger partial charge in [0.25, 0.3) is 0 Å². The van der Waals surface area contributed by atoms with Gasteiger partial charge >= 0.3 is 0 Å². The van der Waals surface area contributed by atoms with Crippen molar-refractivity contribution in [2.45, 2.75) is 25.9 Å². The highest BCUT2D eigenvalue weighted by Gasteiger charge is 2.31. The molecule has 3 aromatic rings. The molecule has 0 aliphatic heterocycles. The first kappa shape index (κ1) is 21.6. The number of likely N-dealkylation sites (N-methyl/N-ethyl adjacent to an activating group) is 1. The van der Waals surface area contributed by atoms with E-state index in [9.17, 15) is 9.59 Å². The van der Waals surface area contributed by atoms with Gasteiger partial charge in [0, 0.05) is 18.1 Å². The zero-order chi connectivity index (χ0) is 21.3. The van der Waals surface area contributed by atoms with Crippen LogP contribution in [0, 0.1) is 0 Å². The van der Waals surface area contributed by atoms with Crippen molar-refractivity contribution in [1.82, 2.24) is 10.2 Å². The lowest BCUT2D eigenvalue weighted by Crippen LogP contribution is -2.44. The maximum Gasteiger partial charge on any atom is 0.247 e. The van der Waals surface area contributed by atoms with Crippen LogP contribution in [-0.2, 0) is 22.6 Å². The summed E-state index contributed by atoms with van der Waals surface area (Å²) in [6.07, 6.45) is 0.187. The van der Waals surface area contributed by atoms with Crippen LogP contribution in [0.4, 0.5) is 0 Å². The molecule has 0 radical (unpaired) electrons. The molecular weight excluding hydrogens is 396 g/mol. The quantitative estimate of drug-likeness (QED) is 0.569. The molecule has 0 heterocycles. The molecule has 0 aliphatic carbocycles. The Hall–Kier alpha value is -3.11. The van der Waals surface area contributed by atoms with Gasteiger partial charge in [-0.25, -0.2) is 0 Å². The third-order valence-corrected chi connectivity index (χ3v) is 5.06. The van der Waals surface area contributed by atoms with E-state index in [0.717, 1.165) is 16.7 Å². The Balaban J connectivity index is 1.97. The summed E-state index contributed by atoms with van der Waals surface area (Å²) < 4.78 is 0. The summed E-state index contributed by atoms with van der Waals surface area (Å²) in [4.78, 5) is 28.1. The number of carbonyl (C=O) groups is 2. The zero-order valence-corrected chi connectivity index (χ0v) is 17.7. The highest BCUT2D eigenvalue weighted by Crippen LogP contribution is 2.25. The number of amides is 2. The van der Waals surface area contributed by atoms with Crippen molar-refractivity contribution in [2.75, 3.05) is 6.54 Å². The Morgan fingerprint density at radius 2 is 1.47 bits per heavy atom. The molecule has 2 amide bonds. The molecule has 0 bridgehead atoms. The second-order valence-electron chi connectivity index (χ2n) is 7.02. The lowest BCUT2D eigenvalue weighted by molar-refractivity contribution is -0.141. The number of rotatable bonds is 8.